The van der Waals surface area contributed by atoms with E-state index in [0.29, 0.717) is 11.6 Å². The first-order valence-corrected chi connectivity index (χ1v) is 8.24. The highest BCUT2D eigenvalue weighted by Crippen LogP contribution is 2.30. The summed E-state index contributed by atoms with van der Waals surface area (Å²) in [6, 6.07) is 10.1. The molecule has 2 N–H and O–H groups in total. The molecule has 1 aromatic carbocycles. The van der Waals surface area contributed by atoms with Crippen LogP contribution in [0, 0.1) is 5.92 Å². The van der Waals surface area contributed by atoms with Gasteiger partial charge in [0.25, 0.3) is 0 Å². The van der Waals surface area contributed by atoms with Crippen LogP contribution in [0.2, 0.25) is 5.02 Å². The van der Waals surface area contributed by atoms with Crippen molar-refractivity contribution in [2.45, 2.75) is 32.4 Å². The average molecular weight is 330 g/mol. The Morgan fingerprint density at radius 3 is 2.70 bits per heavy atom. The number of halogens is 1. The van der Waals surface area contributed by atoms with Gasteiger partial charge in [0.05, 0.1) is 5.02 Å². The van der Waals surface area contributed by atoms with Crippen LogP contribution in [0.1, 0.15) is 36.9 Å². The van der Waals surface area contributed by atoms with E-state index in [9.17, 15) is 4.79 Å². The number of hydrogen-bond donors (Lipinski definition) is 2. The summed E-state index contributed by atoms with van der Waals surface area (Å²) < 4.78 is 0. The Labute approximate surface area is 141 Å². The number of rotatable bonds is 6. The second-order valence-corrected chi connectivity index (χ2v) is 6.36. The Morgan fingerprint density at radius 2 is 2.04 bits per heavy atom. The van der Waals surface area contributed by atoms with Crippen LogP contribution in [0.15, 0.2) is 42.7 Å². The van der Waals surface area contributed by atoms with Crippen molar-refractivity contribution in [2.24, 2.45) is 5.92 Å². The molecule has 120 valence electrons. The largest absolute Gasteiger partial charge is 0.326 e. The summed E-state index contributed by atoms with van der Waals surface area (Å²) in [5.41, 5.74) is 3.05. The zero-order valence-corrected chi connectivity index (χ0v) is 13.8. The summed E-state index contributed by atoms with van der Waals surface area (Å²) in [5.74, 6) is 0.358. The molecule has 1 saturated carbocycles. The molecule has 1 atom stereocenters. The maximum atomic E-state index is 11.7. The van der Waals surface area contributed by atoms with Crippen molar-refractivity contribution < 1.29 is 4.79 Å². The highest BCUT2D eigenvalue weighted by Gasteiger charge is 2.29. The van der Waals surface area contributed by atoms with Crippen molar-refractivity contribution in [3.05, 3.63) is 58.9 Å². The summed E-state index contributed by atoms with van der Waals surface area (Å²) in [6.45, 7) is 2.79. The van der Waals surface area contributed by atoms with E-state index in [2.05, 4.69) is 22.5 Å². The van der Waals surface area contributed by atoms with Gasteiger partial charge >= 0.3 is 0 Å². The summed E-state index contributed by atoms with van der Waals surface area (Å²) in [6.07, 6.45) is 5.43. The van der Waals surface area contributed by atoms with E-state index < -0.39 is 0 Å². The van der Waals surface area contributed by atoms with E-state index in [-0.39, 0.29) is 17.9 Å². The van der Waals surface area contributed by atoms with E-state index >= 15 is 0 Å². The van der Waals surface area contributed by atoms with E-state index in [1.165, 1.54) is 5.56 Å². The number of aromatic nitrogens is 1. The molecule has 0 radical (unpaired) electrons. The molecule has 23 heavy (non-hydrogen) atoms. The van der Waals surface area contributed by atoms with Crippen molar-refractivity contribution in [1.29, 1.82) is 0 Å². The first kappa shape index (κ1) is 16.0. The van der Waals surface area contributed by atoms with Crippen LogP contribution in [0.5, 0.6) is 0 Å². The number of benzene rings is 1. The third-order valence-electron chi connectivity index (χ3n) is 4.08. The molecule has 0 saturated heterocycles. The van der Waals surface area contributed by atoms with E-state index in [4.69, 9.17) is 11.6 Å². The van der Waals surface area contributed by atoms with Gasteiger partial charge in [-0.1, -0.05) is 23.7 Å². The molecule has 1 fully saturated rings. The molecular formula is C18H20ClN3O. The van der Waals surface area contributed by atoms with Crippen molar-refractivity contribution in [3.8, 4) is 0 Å². The quantitative estimate of drug-likeness (QED) is 0.844. The topological polar surface area (TPSA) is 54.0 Å². The van der Waals surface area contributed by atoms with Gasteiger partial charge in [-0.3, -0.25) is 9.78 Å². The molecule has 1 aliphatic rings. The van der Waals surface area contributed by atoms with Gasteiger partial charge in [-0.2, -0.15) is 0 Å². The lowest BCUT2D eigenvalue weighted by Gasteiger charge is -2.15. The zero-order chi connectivity index (χ0) is 16.2. The molecule has 1 aliphatic carbocycles. The maximum absolute atomic E-state index is 11.7. The summed E-state index contributed by atoms with van der Waals surface area (Å²) in [5, 5.41) is 7.07. The van der Waals surface area contributed by atoms with Crippen LogP contribution < -0.4 is 10.6 Å². The minimum Gasteiger partial charge on any atom is -0.326 e. The van der Waals surface area contributed by atoms with E-state index in [0.717, 1.165) is 24.1 Å². The Bertz CT molecular complexity index is 683. The van der Waals surface area contributed by atoms with E-state index in [1.807, 2.05) is 30.3 Å². The van der Waals surface area contributed by atoms with Crippen LogP contribution in [0.25, 0.3) is 0 Å². The molecule has 3 rings (SSSR count). The van der Waals surface area contributed by atoms with Crippen molar-refractivity contribution >= 4 is 23.2 Å². The van der Waals surface area contributed by atoms with Gasteiger partial charge in [0.15, 0.2) is 0 Å². The molecule has 0 aliphatic heterocycles. The van der Waals surface area contributed by atoms with Gasteiger partial charge in [-0.25, -0.2) is 0 Å². The Balaban J connectivity index is 1.55. The number of hydrogen-bond acceptors (Lipinski definition) is 3. The number of nitrogens with zero attached hydrogens (tertiary/aromatic N) is 1. The molecule has 4 nitrogen and oxygen atoms in total. The van der Waals surface area contributed by atoms with Gasteiger partial charge in [0, 0.05) is 36.6 Å². The van der Waals surface area contributed by atoms with Gasteiger partial charge in [0.2, 0.25) is 5.91 Å². The van der Waals surface area contributed by atoms with Crippen molar-refractivity contribution in [3.63, 3.8) is 0 Å². The minimum absolute atomic E-state index is 0.135. The predicted octanol–water partition coefficient (Wildman–Crippen LogP) is 3.93. The van der Waals surface area contributed by atoms with Gasteiger partial charge in [-0.15, -0.1) is 0 Å². The molecule has 0 unspecified atom stereocenters. The lowest BCUT2D eigenvalue weighted by Crippen LogP contribution is -2.18. The molecular weight excluding hydrogens is 310 g/mol. The maximum Gasteiger partial charge on any atom is 0.227 e. The number of amides is 1. The SMILES string of the molecule is C[C@H](NCc1ccncc1Cl)c1ccc(NC(=O)C2CC2)cc1. The van der Waals surface area contributed by atoms with E-state index in [1.54, 1.807) is 12.4 Å². The highest BCUT2D eigenvalue weighted by atomic mass is 35.5. The summed E-state index contributed by atoms with van der Waals surface area (Å²) >= 11 is 6.11. The smallest absolute Gasteiger partial charge is 0.227 e. The lowest BCUT2D eigenvalue weighted by atomic mass is 10.1. The fraction of sp³-hybridized carbons (Fsp3) is 0.333. The summed E-state index contributed by atoms with van der Waals surface area (Å²) in [7, 11) is 0. The normalized spacial score (nSPS) is 15.2. The fourth-order valence-electron chi connectivity index (χ4n) is 2.37. The second-order valence-electron chi connectivity index (χ2n) is 5.96. The lowest BCUT2D eigenvalue weighted by molar-refractivity contribution is -0.117. The van der Waals surface area contributed by atoms with Gasteiger partial charge < -0.3 is 10.6 Å². The monoisotopic (exact) mass is 329 g/mol. The zero-order valence-electron chi connectivity index (χ0n) is 13.1. The number of pyridine rings is 1. The van der Waals surface area contributed by atoms with Crippen LogP contribution in [0.3, 0.4) is 0 Å². The third kappa shape index (κ3) is 4.30. The second kappa shape index (κ2) is 7.11. The number of nitrogens with one attached hydrogen (secondary N) is 2. The third-order valence-corrected chi connectivity index (χ3v) is 4.42. The van der Waals surface area contributed by atoms with Crippen molar-refractivity contribution in [2.75, 3.05) is 5.32 Å². The number of carbonyl (C=O) groups excluding carboxylic acids is 1. The van der Waals surface area contributed by atoms with Gasteiger partial charge in [-0.05, 0) is 49.1 Å². The fourth-order valence-corrected chi connectivity index (χ4v) is 2.56. The number of carbonyl (C=O) groups is 1. The van der Waals surface area contributed by atoms with Crippen LogP contribution in [-0.2, 0) is 11.3 Å². The Morgan fingerprint density at radius 1 is 1.30 bits per heavy atom. The minimum atomic E-state index is 0.135. The van der Waals surface area contributed by atoms with Crippen molar-refractivity contribution in [1.82, 2.24) is 10.3 Å². The highest BCUT2D eigenvalue weighted by molar-refractivity contribution is 6.31. The Hall–Kier alpha value is -1.91. The average Bonchev–Trinajstić information content (AvgIpc) is 3.39. The molecule has 1 amide bonds. The molecule has 0 spiro atoms. The molecule has 1 heterocycles. The van der Waals surface area contributed by atoms with Crippen LogP contribution >= 0.6 is 11.6 Å². The standard InChI is InChI=1S/C18H20ClN3O/c1-12(21-10-15-8-9-20-11-17(15)19)13-4-6-16(7-5-13)22-18(23)14-2-3-14/h4-9,11-12,14,21H,2-3,10H2,1H3,(H,22,23)/t12-/m0/s1. The molecule has 5 heteroatoms. The predicted molar refractivity (Wildman–Crippen MR) is 92.3 cm³/mol. The molecule has 2 aromatic rings. The van der Waals surface area contributed by atoms with Gasteiger partial charge in [0.1, 0.15) is 0 Å². The molecule has 1 aromatic heterocycles. The Kier molecular flexibility index (Phi) is 4.94. The van der Waals surface area contributed by atoms with Crippen LogP contribution in [-0.4, -0.2) is 10.9 Å². The first-order chi connectivity index (χ1) is 11.1. The molecule has 0 bridgehead atoms. The first-order valence-electron chi connectivity index (χ1n) is 7.86. The summed E-state index contributed by atoms with van der Waals surface area (Å²) in [4.78, 5) is 15.7. The van der Waals surface area contributed by atoms with Crippen LogP contribution in [0.4, 0.5) is 5.69 Å². The number of anilines is 1.